The van der Waals surface area contributed by atoms with E-state index in [-0.39, 0.29) is 12.0 Å². The molecule has 0 heterocycles. The SMILES string of the molecule is NC(=NC(=O)C(F)(F)F)c1cc(Cc2cccc(F)c2)c(Br)cc1NC(c1ccccc1)(c1ccccc1)c1ccccc1. The first-order chi connectivity index (χ1) is 21.1. The van der Waals surface area contributed by atoms with Crippen molar-refractivity contribution in [2.75, 3.05) is 5.32 Å². The van der Waals surface area contributed by atoms with Gasteiger partial charge < -0.3 is 11.1 Å². The minimum absolute atomic E-state index is 0.0735. The smallest absolute Gasteiger partial charge is 0.383 e. The van der Waals surface area contributed by atoms with Crippen LogP contribution in [0.1, 0.15) is 33.4 Å². The summed E-state index contributed by atoms with van der Waals surface area (Å²) in [5.74, 6) is -3.37. The molecule has 0 aliphatic carbocycles. The molecule has 0 aromatic heterocycles. The summed E-state index contributed by atoms with van der Waals surface area (Å²) < 4.78 is 54.3. The topological polar surface area (TPSA) is 67.5 Å². The van der Waals surface area contributed by atoms with Crippen LogP contribution in [0.2, 0.25) is 0 Å². The van der Waals surface area contributed by atoms with Crippen LogP contribution in [0.3, 0.4) is 0 Å². The van der Waals surface area contributed by atoms with Crippen LogP contribution in [-0.2, 0) is 16.8 Å². The summed E-state index contributed by atoms with van der Waals surface area (Å²) in [6, 6.07) is 38.0. The third-order valence-corrected chi connectivity index (χ3v) is 7.89. The van der Waals surface area contributed by atoms with Crippen molar-refractivity contribution < 1.29 is 22.4 Å². The van der Waals surface area contributed by atoms with Gasteiger partial charge in [-0.25, -0.2) is 4.39 Å². The quantitative estimate of drug-likeness (QED) is 0.0761. The Morgan fingerprint density at radius 1 is 0.750 bits per heavy atom. The molecule has 0 bridgehead atoms. The lowest BCUT2D eigenvalue weighted by atomic mass is 9.76. The molecule has 5 rings (SSSR count). The number of nitrogens with one attached hydrogen (secondary N) is 1. The minimum Gasteiger partial charge on any atom is -0.383 e. The van der Waals surface area contributed by atoms with Crippen LogP contribution >= 0.6 is 15.9 Å². The molecular formula is C35H26BrF4N3O. The zero-order valence-corrected chi connectivity index (χ0v) is 24.7. The molecule has 0 aliphatic rings. The summed E-state index contributed by atoms with van der Waals surface area (Å²) in [7, 11) is 0. The van der Waals surface area contributed by atoms with Gasteiger partial charge in [-0.15, -0.1) is 0 Å². The second kappa shape index (κ2) is 12.9. The van der Waals surface area contributed by atoms with Gasteiger partial charge in [0.2, 0.25) is 0 Å². The molecule has 0 spiro atoms. The Morgan fingerprint density at radius 3 is 1.75 bits per heavy atom. The summed E-state index contributed by atoms with van der Waals surface area (Å²) in [4.78, 5) is 15.2. The van der Waals surface area contributed by atoms with Gasteiger partial charge in [0.1, 0.15) is 17.2 Å². The number of anilines is 1. The van der Waals surface area contributed by atoms with Crippen molar-refractivity contribution in [3.63, 3.8) is 0 Å². The van der Waals surface area contributed by atoms with Crippen LogP contribution in [-0.4, -0.2) is 17.9 Å². The Morgan fingerprint density at radius 2 is 1.27 bits per heavy atom. The maximum atomic E-state index is 14.0. The van der Waals surface area contributed by atoms with Crippen LogP contribution < -0.4 is 11.1 Å². The second-order valence-electron chi connectivity index (χ2n) is 10.1. The average Bonchev–Trinajstić information content (AvgIpc) is 3.02. The number of alkyl halides is 3. The number of aliphatic imine (C=N–C) groups is 1. The molecule has 5 aromatic rings. The molecule has 1 amide bonds. The Balaban J connectivity index is 1.76. The molecule has 4 nitrogen and oxygen atoms in total. The normalized spacial score (nSPS) is 12.2. The highest BCUT2D eigenvalue weighted by molar-refractivity contribution is 9.10. The second-order valence-corrected chi connectivity index (χ2v) is 10.9. The van der Waals surface area contributed by atoms with Gasteiger partial charge in [-0.3, -0.25) is 4.79 Å². The van der Waals surface area contributed by atoms with E-state index in [9.17, 15) is 22.4 Å². The number of halogens is 5. The fourth-order valence-electron chi connectivity index (χ4n) is 5.15. The van der Waals surface area contributed by atoms with E-state index in [2.05, 4.69) is 26.2 Å². The third kappa shape index (κ3) is 6.58. The van der Waals surface area contributed by atoms with E-state index in [4.69, 9.17) is 5.73 Å². The van der Waals surface area contributed by atoms with Crippen molar-refractivity contribution in [3.8, 4) is 0 Å². The highest BCUT2D eigenvalue weighted by Gasteiger charge is 2.40. The number of amides is 1. The molecule has 0 aliphatic heterocycles. The van der Waals surface area contributed by atoms with Gasteiger partial charge in [0.05, 0.1) is 0 Å². The van der Waals surface area contributed by atoms with Gasteiger partial charge in [0.15, 0.2) is 0 Å². The number of benzene rings is 5. The van der Waals surface area contributed by atoms with E-state index >= 15 is 0 Å². The monoisotopic (exact) mass is 659 g/mol. The number of nitrogens with zero attached hydrogens (tertiary/aromatic N) is 1. The molecule has 0 radical (unpaired) electrons. The molecule has 0 atom stereocenters. The number of nitrogens with two attached hydrogens (primary N) is 1. The Labute approximate surface area is 260 Å². The van der Waals surface area contributed by atoms with Gasteiger partial charge >= 0.3 is 12.1 Å². The largest absolute Gasteiger partial charge is 0.473 e. The van der Waals surface area contributed by atoms with Gasteiger partial charge in [-0.2, -0.15) is 18.2 Å². The summed E-state index contributed by atoms with van der Waals surface area (Å²) in [5.41, 5.74) is 9.25. The molecule has 0 saturated carbocycles. The number of carbonyl (C=O) groups excluding carboxylic acids is 1. The van der Waals surface area contributed by atoms with E-state index in [1.54, 1.807) is 24.3 Å². The van der Waals surface area contributed by atoms with Gasteiger partial charge in [-0.1, -0.05) is 119 Å². The van der Waals surface area contributed by atoms with E-state index in [1.807, 2.05) is 91.0 Å². The van der Waals surface area contributed by atoms with Gasteiger partial charge in [0.25, 0.3) is 0 Å². The van der Waals surface area contributed by atoms with Crippen molar-refractivity contribution in [3.05, 3.63) is 171 Å². The fourth-order valence-corrected chi connectivity index (χ4v) is 5.64. The molecule has 222 valence electrons. The standard InChI is InChI=1S/C35H26BrF4N3O/c36-30-22-31(29(32(41)42-33(44)35(38,39)40)21-24(30)19-23-11-10-18-28(37)20-23)43-34(25-12-4-1-5-13-25,26-14-6-2-7-15-26)27-16-8-3-9-17-27/h1-18,20-22,43H,19H2,(H2,41,42,44). The number of carbonyl (C=O) groups is 1. The molecule has 44 heavy (non-hydrogen) atoms. The minimum atomic E-state index is -5.21. The van der Waals surface area contributed by atoms with Crippen molar-refractivity contribution in [2.24, 2.45) is 10.7 Å². The lowest BCUT2D eigenvalue weighted by molar-refractivity contribution is -0.169. The Hall–Kier alpha value is -4.76. The van der Waals surface area contributed by atoms with Gasteiger partial charge in [-0.05, 0) is 58.5 Å². The Kier molecular flexibility index (Phi) is 8.96. The molecule has 0 unspecified atom stereocenters. The number of rotatable bonds is 8. The molecule has 3 N–H and O–H groups in total. The van der Waals surface area contributed by atoms with Crippen molar-refractivity contribution in [1.82, 2.24) is 0 Å². The summed E-state index contributed by atoms with van der Waals surface area (Å²) in [6.45, 7) is 0. The fraction of sp³-hybridized carbons (Fsp3) is 0.0857. The molecular weight excluding hydrogens is 634 g/mol. The van der Waals surface area contributed by atoms with Crippen molar-refractivity contribution >= 4 is 33.4 Å². The molecule has 9 heteroatoms. The van der Waals surface area contributed by atoms with Crippen LogP contribution in [0.5, 0.6) is 0 Å². The lowest BCUT2D eigenvalue weighted by Gasteiger charge is -2.38. The van der Waals surface area contributed by atoms with E-state index in [0.29, 0.717) is 21.3 Å². The Bertz CT molecular complexity index is 1700. The maximum Gasteiger partial charge on any atom is 0.473 e. The van der Waals surface area contributed by atoms with E-state index in [0.717, 1.165) is 16.7 Å². The predicted molar refractivity (Wildman–Crippen MR) is 168 cm³/mol. The van der Waals surface area contributed by atoms with Crippen LogP contribution in [0.4, 0.5) is 23.2 Å². The third-order valence-electron chi connectivity index (χ3n) is 7.15. The van der Waals surface area contributed by atoms with E-state index < -0.39 is 29.3 Å². The average molecular weight is 661 g/mol. The first-order valence-corrected chi connectivity index (χ1v) is 14.3. The van der Waals surface area contributed by atoms with Crippen molar-refractivity contribution in [1.29, 1.82) is 0 Å². The number of hydrogen-bond acceptors (Lipinski definition) is 2. The molecule has 0 saturated heterocycles. The first kappa shape index (κ1) is 30.7. The van der Waals surface area contributed by atoms with Crippen molar-refractivity contribution in [2.45, 2.75) is 18.1 Å². The lowest BCUT2D eigenvalue weighted by Crippen LogP contribution is -2.39. The molecule has 0 fully saturated rings. The van der Waals surface area contributed by atoms with Crippen LogP contribution in [0.15, 0.2) is 137 Å². The van der Waals surface area contributed by atoms with Gasteiger partial charge in [0, 0.05) is 15.7 Å². The maximum absolute atomic E-state index is 14.0. The van der Waals surface area contributed by atoms with Crippen LogP contribution in [0, 0.1) is 5.82 Å². The highest BCUT2D eigenvalue weighted by atomic mass is 79.9. The predicted octanol–water partition coefficient (Wildman–Crippen LogP) is 8.38. The first-order valence-electron chi connectivity index (χ1n) is 13.6. The summed E-state index contributed by atoms with van der Waals surface area (Å²) >= 11 is 3.60. The van der Waals surface area contributed by atoms with Crippen LogP contribution in [0.25, 0.3) is 0 Å². The zero-order chi connectivity index (χ0) is 31.3. The zero-order valence-electron chi connectivity index (χ0n) is 23.2. The summed E-state index contributed by atoms with van der Waals surface area (Å²) in [5, 5.41) is 3.60. The highest BCUT2D eigenvalue weighted by Crippen LogP contribution is 2.42. The number of hydrogen-bond donors (Lipinski definition) is 2. The number of amidine groups is 1. The molecule has 5 aromatic carbocycles. The summed E-state index contributed by atoms with van der Waals surface area (Å²) in [6.07, 6.45) is -4.98. The van der Waals surface area contributed by atoms with E-state index in [1.165, 1.54) is 12.1 Å².